The van der Waals surface area contributed by atoms with Crippen molar-refractivity contribution >= 4 is 12.4 Å². The van der Waals surface area contributed by atoms with Crippen LogP contribution in [-0.4, -0.2) is 0 Å². The van der Waals surface area contributed by atoms with Crippen molar-refractivity contribution in [3.05, 3.63) is 0 Å². The van der Waals surface area contributed by atoms with E-state index in [0.717, 1.165) is 29.1 Å². The predicted molar refractivity (Wildman–Crippen MR) is 63.1 cm³/mol. The van der Waals surface area contributed by atoms with Crippen LogP contribution in [0.5, 0.6) is 0 Å². The maximum Gasteiger partial charge on any atom is -0.0292 e. The average molecular weight is 218 g/mol. The fraction of sp³-hybridized carbons (Fsp3) is 1.00. The molecule has 14 heavy (non-hydrogen) atoms. The lowest BCUT2D eigenvalue weighted by atomic mass is 9.46. The largest absolute Gasteiger partial charge is 0.344 e. The van der Waals surface area contributed by atoms with Crippen LogP contribution >= 0.6 is 12.4 Å². The first-order chi connectivity index (χ1) is 5.67. The Hall–Kier alpha value is 0.250. The zero-order valence-electron chi connectivity index (χ0n) is 9.46. The zero-order valence-corrected chi connectivity index (χ0v) is 10.3. The maximum absolute atomic E-state index is 2.56. The van der Waals surface area contributed by atoms with E-state index >= 15 is 0 Å². The lowest BCUT2D eigenvalue weighted by molar-refractivity contribution is -0.0906. The SMILES string of the molecule is CC1C2CC3CC(C2)CC1(C)C3.Cl.N. The second kappa shape index (κ2) is 3.68. The Morgan fingerprint density at radius 3 is 1.93 bits per heavy atom. The quantitative estimate of drug-likeness (QED) is 0.653. The van der Waals surface area contributed by atoms with Gasteiger partial charge in [-0.3, -0.25) is 0 Å². The summed E-state index contributed by atoms with van der Waals surface area (Å²) in [4.78, 5) is 0. The van der Waals surface area contributed by atoms with Crippen molar-refractivity contribution in [2.75, 3.05) is 0 Å². The summed E-state index contributed by atoms with van der Waals surface area (Å²) in [6, 6.07) is 0. The van der Waals surface area contributed by atoms with Gasteiger partial charge in [0.25, 0.3) is 0 Å². The summed E-state index contributed by atoms with van der Waals surface area (Å²) in [5.74, 6) is 4.40. The molecule has 0 aromatic carbocycles. The zero-order chi connectivity index (χ0) is 8.34. The van der Waals surface area contributed by atoms with Crippen LogP contribution in [0.25, 0.3) is 0 Å². The van der Waals surface area contributed by atoms with E-state index in [9.17, 15) is 0 Å². The monoisotopic (exact) mass is 217 g/mol. The molecular formula is C12H24ClN. The second-order valence-electron chi connectivity index (χ2n) is 6.05. The van der Waals surface area contributed by atoms with Gasteiger partial charge in [0.1, 0.15) is 0 Å². The molecule has 2 heteroatoms. The van der Waals surface area contributed by atoms with Gasteiger partial charge in [-0.25, -0.2) is 0 Å². The molecule has 0 aromatic heterocycles. The van der Waals surface area contributed by atoms with Crippen molar-refractivity contribution in [2.24, 2.45) is 29.1 Å². The highest BCUT2D eigenvalue weighted by molar-refractivity contribution is 5.85. The fourth-order valence-electron chi connectivity index (χ4n) is 4.70. The van der Waals surface area contributed by atoms with E-state index < -0.39 is 0 Å². The molecule has 3 atom stereocenters. The van der Waals surface area contributed by atoms with E-state index in [0.29, 0.717) is 0 Å². The lowest BCUT2D eigenvalue weighted by Crippen LogP contribution is -2.50. The molecule has 0 radical (unpaired) electrons. The van der Waals surface area contributed by atoms with Gasteiger partial charge in [0.2, 0.25) is 0 Å². The topological polar surface area (TPSA) is 35.0 Å². The van der Waals surface area contributed by atoms with Crippen LogP contribution in [0.2, 0.25) is 0 Å². The summed E-state index contributed by atoms with van der Waals surface area (Å²) in [6.45, 7) is 5.07. The molecule has 0 amide bonds. The minimum absolute atomic E-state index is 0. The van der Waals surface area contributed by atoms with Gasteiger partial charge in [0.15, 0.2) is 0 Å². The molecule has 4 bridgehead atoms. The van der Waals surface area contributed by atoms with E-state index in [2.05, 4.69) is 13.8 Å². The van der Waals surface area contributed by atoms with Gasteiger partial charge in [0.05, 0.1) is 0 Å². The predicted octanol–water partition coefficient (Wildman–Crippen LogP) is 4.05. The molecule has 4 aliphatic carbocycles. The molecule has 3 N–H and O–H groups in total. The van der Waals surface area contributed by atoms with Crippen LogP contribution in [0.3, 0.4) is 0 Å². The third-order valence-corrected chi connectivity index (χ3v) is 5.26. The van der Waals surface area contributed by atoms with Crippen LogP contribution in [0.4, 0.5) is 0 Å². The first-order valence-electron chi connectivity index (χ1n) is 5.67. The third kappa shape index (κ3) is 1.49. The third-order valence-electron chi connectivity index (χ3n) is 5.26. The highest BCUT2D eigenvalue weighted by atomic mass is 35.5. The molecule has 4 fully saturated rings. The lowest BCUT2D eigenvalue weighted by Gasteiger charge is -2.59. The molecule has 1 nitrogen and oxygen atoms in total. The molecule has 4 saturated carbocycles. The highest BCUT2D eigenvalue weighted by Crippen LogP contribution is 2.62. The van der Waals surface area contributed by atoms with E-state index in [-0.39, 0.29) is 18.6 Å². The van der Waals surface area contributed by atoms with Gasteiger partial charge < -0.3 is 6.15 Å². The van der Waals surface area contributed by atoms with Gasteiger partial charge in [-0.05, 0) is 61.2 Å². The number of hydrogen-bond acceptors (Lipinski definition) is 1. The Balaban J connectivity index is 0.000000490. The molecule has 0 spiro atoms. The second-order valence-corrected chi connectivity index (χ2v) is 6.05. The van der Waals surface area contributed by atoms with Crippen LogP contribution < -0.4 is 6.15 Å². The van der Waals surface area contributed by atoms with Crippen LogP contribution in [0.1, 0.15) is 46.0 Å². The van der Waals surface area contributed by atoms with Crippen molar-refractivity contribution in [2.45, 2.75) is 46.0 Å². The van der Waals surface area contributed by atoms with Crippen molar-refractivity contribution in [3.8, 4) is 0 Å². The molecule has 4 rings (SSSR count). The Morgan fingerprint density at radius 1 is 1.00 bits per heavy atom. The summed E-state index contributed by atoms with van der Waals surface area (Å²) < 4.78 is 0. The Labute approximate surface area is 94.0 Å². The van der Waals surface area contributed by atoms with Crippen molar-refractivity contribution in [1.29, 1.82) is 0 Å². The van der Waals surface area contributed by atoms with Gasteiger partial charge >= 0.3 is 0 Å². The Kier molecular flexibility index (Phi) is 3.24. The number of halogens is 1. The molecule has 0 heterocycles. The van der Waals surface area contributed by atoms with Gasteiger partial charge in [-0.2, -0.15) is 0 Å². The molecule has 84 valence electrons. The van der Waals surface area contributed by atoms with Crippen LogP contribution in [0, 0.1) is 29.1 Å². The molecule has 0 aromatic rings. The van der Waals surface area contributed by atoms with E-state index in [1.807, 2.05) is 0 Å². The summed E-state index contributed by atoms with van der Waals surface area (Å²) in [7, 11) is 0. The molecular weight excluding hydrogens is 194 g/mol. The van der Waals surface area contributed by atoms with E-state index in [1.54, 1.807) is 32.1 Å². The average Bonchev–Trinajstić information content (AvgIpc) is 1.98. The number of hydrogen-bond donors (Lipinski definition) is 1. The van der Waals surface area contributed by atoms with E-state index in [4.69, 9.17) is 0 Å². The molecule has 4 aliphatic rings. The molecule has 3 unspecified atom stereocenters. The van der Waals surface area contributed by atoms with Crippen molar-refractivity contribution in [1.82, 2.24) is 6.15 Å². The standard InChI is InChI=1S/C12H20.ClH.H3N/c1-8-11-4-9-3-10(5-11)7-12(8,2)6-9;;/h8-11H,3-7H2,1-2H3;1H;1H3. The van der Waals surface area contributed by atoms with Crippen LogP contribution in [-0.2, 0) is 0 Å². The Bertz CT molecular complexity index is 202. The highest BCUT2D eigenvalue weighted by Gasteiger charge is 2.52. The number of rotatable bonds is 0. The smallest absolute Gasteiger partial charge is 0.0292 e. The Morgan fingerprint density at radius 2 is 1.50 bits per heavy atom. The molecule has 0 aliphatic heterocycles. The minimum atomic E-state index is 0. The summed E-state index contributed by atoms with van der Waals surface area (Å²) >= 11 is 0. The summed E-state index contributed by atoms with van der Waals surface area (Å²) in [5.41, 5.74) is 0.759. The van der Waals surface area contributed by atoms with E-state index in [1.165, 1.54) is 0 Å². The van der Waals surface area contributed by atoms with Crippen molar-refractivity contribution < 1.29 is 0 Å². The first kappa shape index (κ1) is 12.3. The summed E-state index contributed by atoms with van der Waals surface area (Å²) in [5, 5.41) is 0. The minimum Gasteiger partial charge on any atom is -0.344 e. The first-order valence-corrected chi connectivity index (χ1v) is 5.67. The normalized spacial score (nSPS) is 53.6. The van der Waals surface area contributed by atoms with Gasteiger partial charge in [-0.15, -0.1) is 12.4 Å². The van der Waals surface area contributed by atoms with Gasteiger partial charge in [-0.1, -0.05) is 13.8 Å². The van der Waals surface area contributed by atoms with Crippen molar-refractivity contribution in [3.63, 3.8) is 0 Å². The maximum atomic E-state index is 2.56. The summed E-state index contributed by atoms with van der Waals surface area (Å²) in [6.07, 6.45) is 7.85. The van der Waals surface area contributed by atoms with Gasteiger partial charge in [0, 0.05) is 0 Å². The fourth-order valence-corrected chi connectivity index (χ4v) is 4.70. The molecule has 0 saturated heterocycles. The van der Waals surface area contributed by atoms with Crippen LogP contribution in [0.15, 0.2) is 0 Å².